The summed E-state index contributed by atoms with van der Waals surface area (Å²) in [7, 11) is 0. The smallest absolute Gasteiger partial charge is 0.306 e. The fourth-order valence-electron chi connectivity index (χ4n) is 5.09. The third-order valence-corrected chi connectivity index (χ3v) is 7.75. The molecule has 0 aromatic heterocycles. The average Bonchev–Trinajstić information content (AvgIpc) is 3.00. The topological polar surface area (TPSA) is 63.6 Å². The average molecular weight is 613 g/mol. The van der Waals surface area contributed by atoms with Gasteiger partial charge in [-0.3, -0.25) is 9.59 Å². The summed E-state index contributed by atoms with van der Waals surface area (Å²) in [6.07, 6.45) is 48.0. The standard InChI is InChI=1S/C40H68O4/c1-3-5-7-9-11-13-14-15-16-17-18-19-20-21-22-24-26-28-33-37-40(43)44-38(35-31-29-32-36-39(41)42)34-30-27-25-23-12-10-8-6-4-2/h5,7,11,13,15-16,18-19,21-22,38H,3-4,6,8-10,12,14,17,20,23-37H2,1-2H3,(H,41,42)/b7-5-,13-11-,16-15-,19-18-,22-21-. The molecule has 1 unspecified atom stereocenters. The lowest BCUT2D eigenvalue weighted by atomic mass is 10.0. The van der Waals surface area contributed by atoms with Crippen LogP contribution in [0.1, 0.15) is 174 Å². The first-order valence-electron chi connectivity index (χ1n) is 18.3. The van der Waals surface area contributed by atoms with Gasteiger partial charge in [0.25, 0.3) is 0 Å². The molecule has 0 saturated carbocycles. The summed E-state index contributed by atoms with van der Waals surface area (Å²) in [5.74, 6) is -0.796. The van der Waals surface area contributed by atoms with Crippen LogP contribution in [0.15, 0.2) is 60.8 Å². The first kappa shape index (κ1) is 41.6. The van der Waals surface area contributed by atoms with Crippen LogP contribution in [0.3, 0.4) is 0 Å². The van der Waals surface area contributed by atoms with E-state index in [2.05, 4.69) is 74.6 Å². The van der Waals surface area contributed by atoms with Crippen LogP contribution < -0.4 is 0 Å². The third-order valence-electron chi connectivity index (χ3n) is 7.75. The van der Waals surface area contributed by atoms with Crippen LogP contribution in [-0.4, -0.2) is 23.1 Å². The van der Waals surface area contributed by atoms with E-state index in [1.165, 1.54) is 51.4 Å². The number of ether oxygens (including phenoxy) is 1. The van der Waals surface area contributed by atoms with Gasteiger partial charge in [-0.15, -0.1) is 0 Å². The predicted molar refractivity (Wildman–Crippen MR) is 190 cm³/mol. The van der Waals surface area contributed by atoms with Crippen molar-refractivity contribution in [3.05, 3.63) is 60.8 Å². The van der Waals surface area contributed by atoms with Crippen molar-refractivity contribution in [2.24, 2.45) is 0 Å². The van der Waals surface area contributed by atoms with Crippen molar-refractivity contribution in [3.63, 3.8) is 0 Å². The van der Waals surface area contributed by atoms with Gasteiger partial charge in [-0.1, -0.05) is 139 Å². The number of rotatable bonds is 32. The molecule has 0 heterocycles. The van der Waals surface area contributed by atoms with Gasteiger partial charge in [-0.25, -0.2) is 0 Å². The third kappa shape index (κ3) is 34.1. The first-order chi connectivity index (χ1) is 21.6. The summed E-state index contributed by atoms with van der Waals surface area (Å²) in [6.45, 7) is 4.41. The highest BCUT2D eigenvalue weighted by molar-refractivity contribution is 5.69. The molecule has 0 aromatic carbocycles. The van der Waals surface area contributed by atoms with Gasteiger partial charge < -0.3 is 9.84 Å². The maximum Gasteiger partial charge on any atom is 0.306 e. The molecule has 0 aliphatic rings. The Morgan fingerprint density at radius 1 is 0.523 bits per heavy atom. The van der Waals surface area contributed by atoms with E-state index in [-0.39, 0.29) is 18.5 Å². The van der Waals surface area contributed by atoms with E-state index in [0.29, 0.717) is 12.8 Å². The molecule has 0 aromatic rings. The van der Waals surface area contributed by atoms with Gasteiger partial charge in [0.05, 0.1) is 0 Å². The van der Waals surface area contributed by atoms with Crippen molar-refractivity contribution in [3.8, 4) is 0 Å². The van der Waals surface area contributed by atoms with Crippen molar-refractivity contribution in [2.45, 2.75) is 180 Å². The van der Waals surface area contributed by atoms with Crippen LogP contribution in [0, 0.1) is 0 Å². The zero-order chi connectivity index (χ0) is 32.2. The van der Waals surface area contributed by atoms with Gasteiger partial charge in [-0.2, -0.15) is 0 Å². The highest BCUT2D eigenvalue weighted by atomic mass is 16.5. The Balaban J connectivity index is 4.02. The predicted octanol–water partition coefficient (Wildman–Crippen LogP) is 12.6. The lowest BCUT2D eigenvalue weighted by Crippen LogP contribution is -2.18. The SMILES string of the molecule is CC/C=C\C/C=C\C/C=C\C/C=C\C/C=C\CCCCCC(=O)OC(CCCCCCCCCCC)CCCCCC(=O)O. The Morgan fingerprint density at radius 3 is 1.48 bits per heavy atom. The Kier molecular flexibility index (Phi) is 33.2. The molecule has 4 heteroatoms. The number of carbonyl (C=O) groups excluding carboxylic acids is 1. The molecule has 0 spiro atoms. The molecule has 44 heavy (non-hydrogen) atoms. The maximum absolute atomic E-state index is 12.5. The highest BCUT2D eigenvalue weighted by Gasteiger charge is 2.14. The normalized spacial score (nSPS) is 13.0. The fraction of sp³-hybridized carbons (Fsp3) is 0.700. The summed E-state index contributed by atoms with van der Waals surface area (Å²) in [5.41, 5.74) is 0. The molecule has 1 atom stereocenters. The van der Waals surface area contributed by atoms with Crippen molar-refractivity contribution in [1.29, 1.82) is 0 Å². The summed E-state index contributed by atoms with van der Waals surface area (Å²) in [6, 6.07) is 0. The van der Waals surface area contributed by atoms with Gasteiger partial charge >= 0.3 is 11.9 Å². The number of carbonyl (C=O) groups is 2. The maximum atomic E-state index is 12.5. The largest absolute Gasteiger partial charge is 0.481 e. The zero-order valence-electron chi connectivity index (χ0n) is 28.7. The first-order valence-corrected chi connectivity index (χ1v) is 18.3. The number of unbranched alkanes of at least 4 members (excludes halogenated alkanes) is 13. The van der Waals surface area contributed by atoms with Crippen LogP contribution >= 0.6 is 0 Å². The minimum absolute atomic E-state index is 0.0156. The van der Waals surface area contributed by atoms with E-state index in [4.69, 9.17) is 9.84 Å². The Morgan fingerprint density at radius 2 is 0.955 bits per heavy atom. The molecule has 0 fully saturated rings. The number of carboxylic acids is 1. The molecule has 0 saturated heterocycles. The quantitative estimate of drug-likeness (QED) is 0.0466. The lowest BCUT2D eigenvalue weighted by molar-refractivity contribution is -0.150. The molecule has 1 N–H and O–H groups in total. The van der Waals surface area contributed by atoms with Gasteiger partial charge in [0.2, 0.25) is 0 Å². The van der Waals surface area contributed by atoms with Gasteiger partial charge in [0.15, 0.2) is 0 Å². The molecule has 0 radical (unpaired) electrons. The Bertz CT molecular complexity index is 789. The van der Waals surface area contributed by atoms with Crippen LogP contribution in [0.4, 0.5) is 0 Å². The second kappa shape index (κ2) is 35.1. The van der Waals surface area contributed by atoms with Crippen LogP contribution in [0.5, 0.6) is 0 Å². The summed E-state index contributed by atoms with van der Waals surface area (Å²) in [4.78, 5) is 23.3. The number of aliphatic carboxylic acids is 1. The number of allylic oxidation sites excluding steroid dienone is 10. The van der Waals surface area contributed by atoms with Crippen LogP contribution in [0.25, 0.3) is 0 Å². The Labute approximate surface area is 272 Å². The van der Waals surface area contributed by atoms with E-state index in [9.17, 15) is 9.59 Å². The fourth-order valence-corrected chi connectivity index (χ4v) is 5.09. The molecule has 252 valence electrons. The van der Waals surface area contributed by atoms with Crippen molar-refractivity contribution < 1.29 is 19.4 Å². The molecular formula is C40H68O4. The van der Waals surface area contributed by atoms with Gasteiger partial charge in [0, 0.05) is 12.8 Å². The highest BCUT2D eigenvalue weighted by Crippen LogP contribution is 2.18. The minimum Gasteiger partial charge on any atom is -0.481 e. The Hall–Kier alpha value is -2.36. The monoisotopic (exact) mass is 613 g/mol. The number of hydrogen-bond acceptors (Lipinski definition) is 3. The second-order valence-corrected chi connectivity index (χ2v) is 12.0. The zero-order valence-corrected chi connectivity index (χ0v) is 28.7. The number of hydrogen-bond donors (Lipinski definition) is 1. The summed E-state index contributed by atoms with van der Waals surface area (Å²) >= 11 is 0. The van der Waals surface area contributed by atoms with E-state index < -0.39 is 5.97 Å². The van der Waals surface area contributed by atoms with E-state index >= 15 is 0 Å². The van der Waals surface area contributed by atoms with Crippen LogP contribution in [-0.2, 0) is 14.3 Å². The number of carboxylic acid groups (broad SMARTS) is 1. The molecule has 0 aliphatic carbocycles. The molecule has 0 rings (SSSR count). The molecule has 4 nitrogen and oxygen atoms in total. The van der Waals surface area contributed by atoms with Crippen molar-refractivity contribution >= 4 is 11.9 Å². The molecule has 0 aliphatic heterocycles. The summed E-state index contributed by atoms with van der Waals surface area (Å²) < 4.78 is 5.90. The van der Waals surface area contributed by atoms with Crippen molar-refractivity contribution in [2.75, 3.05) is 0 Å². The minimum atomic E-state index is -0.732. The summed E-state index contributed by atoms with van der Waals surface area (Å²) in [5, 5.41) is 8.86. The van der Waals surface area contributed by atoms with Gasteiger partial charge in [-0.05, 0) is 83.5 Å². The number of esters is 1. The second-order valence-electron chi connectivity index (χ2n) is 12.0. The van der Waals surface area contributed by atoms with E-state index in [1.54, 1.807) is 0 Å². The molecule has 0 bridgehead atoms. The van der Waals surface area contributed by atoms with E-state index in [1.807, 2.05) is 0 Å². The van der Waals surface area contributed by atoms with Crippen LogP contribution in [0.2, 0.25) is 0 Å². The van der Waals surface area contributed by atoms with Gasteiger partial charge in [0.1, 0.15) is 6.10 Å². The molecule has 0 amide bonds. The lowest BCUT2D eigenvalue weighted by Gasteiger charge is -2.18. The van der Waals surface area contributed by atoms with E-state index in [0.717, 1.165) is 89.9 Å². The molecular weight excluding hydrogens is 544 g/mol. The van der Waals surface area contributed by atoms with Crippen molar-refractivity contribution in [1.82, 2.24) is 0 Å².